The van der Waals surface area contributed by atoms with Gasteiger partial charge < -0.3 is 0 Å². The Labute approximate surface area is 114 Å². The summed E-state index contributed by atoms with van der Waals surface area (Å²) in [6, 6.07) is 20.3. The summed E-state index contributed by atoms with van der Waals surface area (Å²) in [6.07, 6.45) is 1.02. The number of benzene rings is 2. The highest BCUT2D eigenvalue weighted by atomic mass is 15.6. The first-order chi connectivity index (χ1) is 9.31. The van der Waals surface area contributed by atoms with Crippen molar-refractivity contribution in [1.29, 1.82) is 0 Å². The topological polar surface area (TPSA) is 28.0 Å². The summed E-state index contributed by atoms with van der Waals surface area (Å²) < 4.78 is 0. The Hall–Kier alpha value is -2.16. The van der Waals surface area contributed by atoms with Crippen molar-refractivity contribution in [3.05, 3.63) is 60.7 Å². The first-order valence-corrected chi connectivity index (χ1v) is 6.62. The lowest BCUT2D eigenvalue weighted by Gasteiger charge is -2.23. The summed E-state index contributed by atoms with van der Waals surface area (Å²) in [5.74, 6) is 0. The predicted molar refractivity (Wildman–Crippen MR) is 79.6 cm³/mol. The van der Waals surface area contributed by atoms with Crippen LogP contribution >= 0.6 is 0 Å². The molecule has 3 heteroatoms. The van der Waals surface area contributed by atoms with Gasteiger partial charge in [-0.3, -0.25) is 0 Å². The fraction of sp³-hybridized carbons (Fsp3) is 0.250. The van der Waals surface area contributed by atoms with Crippen LogP contribution in [0, 0.1) is 0 Å². The van der Waals surface area contributed by atoms with E-state index in [4.69, 9.17) is 0 Å². The summed E-state index contributed by atoms with van der Waals surface area (Å²) in [4.78, 5) is 0. The van der Waals surface area contributed by atoms with Crippen LogP contribution in [-0.2, 0) is 0 Å². The van der Waals surface area contributed by atoms with Crippen LogP contribution in [0.4, 0.5) is 11.4 Å². The van der Waals surface area contributed by atoms with Gasteiger partial charge in [-0.1, -0.05) is 48.5 Å². The molecule has 0 saturated carbocycles. The van der Waals surface area contributed by atoms with Crippen LogP contribution in [0.25, 0.3) is 0 Å². The van der Waals surface area contributed by atoms with E-state index in [1.807, 2.05) is 53.5 Å². The molecule has 0 N–H and O–H groups in total. The summed E-state index contributed by atoms with van der Waals surface area (Å²) >= 11 is 0. The fourth-order valence-electron chi connectivity index (χ4n) is 1.74. The molecule has 0 spiro atoms. The molecule has 2 rings (SSSR count). The lowest BCUT2D eigenvalue weighted by atomic mass is 10.2. The molecule has 0 amide bonds. The number of hydrogen-bond donors (Lipinski definition) is 0. The molecular weight excluding hydrogens is 234 g/mol. The van der Waals surface area contributed by atoms with E-state index < -0.39 is 0 Å². The zero-order chi connectivity index (χ0) is 13.5. The lowest BCUT2D eigenvalue weighted by molar-refractivity contribution is 0.617. The average molecular weight is 253 g/mol. The van der Waals surface area contributed by atoms with Crippen molar-refractivity contribution in [1.82, 2.24) is 0 Å². The van der Waals surface area contributed by atoms with E-state index in [2.05, 4.69) is 36.3 Å². The molecule has 19 heavy (non-hydrogen) atoms. The van der Waals surface area contributed by atoms with Gasteiger partial charge in [-0.15, -0.1) is 5.11 Å². The van der Waals surface area contributed by atoms with Gasteiger partial charge in [0.1, 0.15) is 0 Å². The van der Waals surface area contributed by atoms with Gasteiger partial charge >= 0.3 is 0 Å². The van der Waals surface area contributed by atoms with Crippen LogP contribution < -0.4 is 5.01 Å². The van der Waals surface area contributed by atoms with Gasteiger partial charge in [-0.2, -0.15) is 0 Å². The van der Waals surface area contributed by atoms with E-state index in [1.165, 1.54) is 0 Å². The minimum absolute atomic E-state index is 0.315. The minimum Gasteiger partial charge on any atom is -0.244 e. The van der Waals surface area contributed by atoms with Crippen molar-refractivity contribution in [2.75, 3.05) is 5.01 Å². The largest absolute Gasteiger partial charge is 0.244 e. The van der Waals surface area contributed by atoms with Crippen molar-refractivity contribution in [2.24, 2.45) is 10.3 Å². The number of hydrogen-bond acceptors (Lipinski definition) is 2. The Morgan fingerprint density at radius 3 is 2.11 bits per heavy atom. The zero-order valence-corrected chi connectivity index (χ0v) is 11.4. The van der Waals surface area contributed by atoms with E-state index in [9.17, 15) is 0 Å². The third kappa shape index (κ3) is 3.65. The molecule has 1 atom stereocenters. The molecule has 98 valence electrons. The average Bonchev–Trinajstić information content (AvgIpc) is 2.49. The van der Waals surface area contributed by atoms with Gasteiger partial charge in [0.05, 0.1) is 17.4 Å². The monoisotopic (exact) mass is 253 g/mol. The summed E-state index contributed by atoms with van der Waals surface area (Å²) in [7, 11) is 0. The molecule has 0 radical (unpaired) electrons. The Morgan fingerprint density at radius 2 is 1.53 bits per heavy atom. The third-order valence-electron chi connectivity index (χ3n) is 3.04. The van der Waals surface area contributed by atoms with Crippen LogP contribution in [0.1, 0.15) is 20.3 Å². The number of rotatable bonds is 5. The van der Waals surface area contributed by atoms with Crippen molar-refractivity contribution in [3.8, 4) is 0 Å². The van der Waals surface area contributed by atoms with Crippen LogP contribution in [0.15, 0.2) is 71.0 Å². The highest BCUT2D eigenvalue weighted by Crippen LogP contribution is 2.20. The van der Waals surface area contributed by atoms with Gasteiger partial charge in [0, 0.05) is 0 Å². The molecule has 0 aliphatic rings. The molecule has 0 saturated heterocycles. The maximum atomic E-state index is 4.39. The van der Waals surface area contributed by atoms with Crippen molar-refractivity contribution in [3.63, 3.8) is 0 Å². The molecule has 1 unspecified atom stereocenters. The van der Waals surface area contributed by atoms with E-state index in [0.29, 0.717) is 6.04 Å². The molecule has 2 aromatic carbocycles. The molecule has 0 aliphatic heterocycles. The van der Waals surface area contributed by atoms with Gasteiger partial charge in [-0.25, -0.2) is 5.01 Å². The highest BCUT2D eigenvalue weighted by Gasteiger charge is 2.11. The minimum atomic E-state index is 0.315. The maximum Gasteiger partial charge on any atom is 0.0874 e. The molecule has 2 aromatic rings. The van der Waals surface area contributed by atoms with E-state index in [1.54, 1.807) is 0 Å². The molecule has 0 heterocycles. The number of nitrogens with zero attached hydrogens (tertiary/aromatic N) is 3. The second-order valence-corrected chi connectivity index (χ2v) is 4.46. The van der Waals surface area contributed by atoms with Crippen molar-refractivity contribution >= 4 is 11.4 Å². The molecule has 0 fully saturated rings. The van der Waals surface area contributed by atoms with Crippen LogP contribution in [0.2, 0.25) is 0 Å². The molecule has 0 aromatic heterocycles. The Morgan fingerprint density at radius 1 is 0.947 bits per heavy atom. The van der Waals surface area contributed by atoms with Gasteiger partial charge in [0.15, 0.2) is 0 Å². The van der Waals surface area contributed by atoms with Crippen molar-refractivity contribution in [2.45, 2.75) is 26.3 Å². The number of anilines is 1. The summed E-state index contributed by atoms with van der Waals surface area (Å²) in [6.45, 7) is 4.30. The first-order valence-electron chi connectivity index (χ1n) is 6.62. The van der Waals surface area contributed by atoms with Crippen LogP contribution in [-0.4, -0.2) is 6.04 Å². The normalized spacial score (nSPS) is 12.5. The maximum absolute atomic E-state index is 4.39. The standard InChI is InChI=1S/C16H19N3/c1-3-14(2)19(16-12-8-5-9-13-16)18-17-15-10-6-4-7-11-15/h4-14H,3H2,1-2H3. The third-order valence-corrected chi connectivity index (χ3v) is 3.04. The van der Waals surface area contributed by atoms with Crippen molar-refractivity contribution < 1.29 is 0 Å². The SMILES string of the molecule is CCC(C)N(N=Nc1ccccc1)c1ccccc1. The molecular formula is C16H19N3. The predicted octanol–water partition coefficient (Wildman–Crippen LogP) is 4.99. The van der Waals surface area contributed by atoms with Crippen LogP contribution in [0.3, 0.4) is 0 Å². The molecule has 3 nitrogen and oxygen atoms in total. The van der Waals surface area contributed by atoms with Gasteiger partial charge in [-0.05, 0) is 37.6 Å². The lowest BCUT2D eigenvalue weighted by Crippen LogP contribution is -2.26. The smallest absolute Gasteiger partial charge is 0.0874 e. The Balaban J connectivity index is 2.22. The van der Waals surface area contributed by atoms with Gasteiger partial charge in [0.25, 0.3) is 0 Å². The Kier molecular flexibility index (Phi) is 4.67. The molecule has 0 bridgehead atoms. The first kappa shape index (κ1) is 13.3. The zero-order valence-electron chi connectivity index (χ0n) is 11.4. The van der Waals surface area contributed by atoms with Crippen LogP contribution in [0.5, 0.6) is 0 Å². The Bertz CT molecular complexity index is 508. The van der Waals surface area contributed by atoms with Gasteiger partial charge in [0.2, 0.25) is 0 Å². The van der Waals surface area contributed by atoms with E-state index in [-0.39, 0.29) is 0 Å². The quantitative estimate of drug-likeness (QED) is 0.545. The summed E-state index contributed by atoms with van der Waals surface area (Å²) in [5.41, 5.74) is 1.93. The molecule has 0 aliphatic carbocycles. The fourth-order valence-corrected chi connectivity index (χ4v) is 1.74. The van der Waals surface area contributed by atoms with E-state index in [0.717, 1.165) is 17.8 Å². The second kappa shape index (κ2) is 6.69. The second-order valence-electron chi connectivity index (χ2n) is 4.46. The summed E-state index contributed by atoms with van der Waals surface area (Å²) in [5, 5.41) is 10.7. The van der Waals surface area contributed by atoms with E-state index >= 15 is 0 Å². The highest BCUT2D eigenvalue weighted by molar-refractivity contribution is 5.46. The number of para-hydroxylation sites is 1.